The Bertz CT molecular complexity index is 947. The Morgan fingerprint density at radius 1 is 1.26 bits per heavy atom. The first-order valence-corrected chi connectivity index (χ1v) is 8.08. The van der Waals surface area contributed by atoms with E-state index in [0.717, 1.165) is 0 Å². The highest BCUT2D eigenvalue weighted by Gasteiger charge is 2.14. The summed E-state index contributed by atoms with van der Waals surface area (Å²) in [5.74, 6) is -2.70. The molecule has 0 bridgehead atoms. The second-order valence-electron chi connectivity index (χ2n) is 5.10. The van der Waals surface area contributed by atoms with E-state index in [4.69, 9.17) is 33.0 Å². The summed E-state index contributed by atoms with van der Waals surface area (Å²) < 4.78 is 18.6. The number of nitriles is 1. The van der Waals surface area contributed by atoms with Crippen LogP contribution in [-0.2, 0) is 9.59 Å². The van der Waals surface area contributed by atoms with Crippen molar-refractivity contribution in [3.8, 4) is 11.8 Å². The van der Waals surface area contributed by atoms with Crippen molar-refractivity contribution in [3.05, 3.63) is 63.4 Å². The van der Waals surface area contributed by atoms with Crippen molar-refractivity contribution in [1.82, 2.24) is 0 Å². The third kappa shape index (κ3) is 5.45. The Kier molecular flexibility index (Phi) is 6.77. The number of carbonyl (C=O) groups excluding carboxylic acids is 1. The summed E-state index contributed by atoms with van der Waals surface area (Å²) in [4.78, 5) is 22.8. The standard InChI is InChI=1S/C18H11Cl2FN2O4/c19-12-6-10(7-13(20)17(12)27-9-16(24)25)5-11(8-22)18(26)23-15-4-2-1-3-14(15)21/h1-7H,9H2,(H,23,26)(H,24,25)/b11-5-. The number of hydrogen-bond donors (Lipinski definition) is 2. The molecule has 0 aliphatic carbocycles. The average Bonchev–Trinajstić information content (AvgIpc) is 2.60. The van der Waals surface area contributed by atoms with Gasteiger partial charge in [-0.2, -0.15) is 5.26 Å². The van der Waals surface area contributed by atoms with E-state index in [0.29, 0.717) is 5.56 Å². The van der Waals surface area contributed by atoms with Gasteiger partial charge in [0.15, 0.2) is 12.4 Å². The van der Waals surface area contributed by atoms with Crippen LogP contribution in [0, 0.1) is 17.1 Å². The molecule has 2 aromatic carbocycles. The molecule has 0 spiro atoms. The van der Waals surface area contributed by atoms with Crippen LogP contribution in [0.2, 0.25) is 10.0 Å². The minimum absolute atomic E-state index is 0.00167. The SMILES string of the molecule is N#C/C(=C/c1cc(Cl)c(OCC(=O)O)c(Cl)c1)C(=O)Nc1ccccc1F. The van der Waals surface area contributed by atoms with E-state index in [1.807, 2.05) is 0 Å². The maximum Gasteiger partial charge on any atom is 0.341 e. The number of hydrogen-bond acceptors (Lipinski definition) is 4. The van der Waals surface area contributed by atoms with Gasteiger partial charge in [0.25, 0.3) is 5.91 Å². The van der Waals surface area contributed by atoms with Gasteiger partial charge in [0.1, 0.15) is 17.5 Å². The number of carboxylic acid groups (broad SMARTS) is 1. The summed E-state index contributed by atoms with van der Waals surface area (Å²) >= 11 is 12.0. The van der Waals surface area contributed by atoms with E-state index in [1.54, 1.807) is 6.07 Å². The first-order valence-electron chi connectivity index (χ1n) is 7.33. The van der Waals surface area contributed by atoms with Crippen molar-refractivity contribution in [2.24, 2.45) is 0 Å². The first kappa shape index (κ1) is 20.2. The van der Waals surface area contributed by atoms with Crippen LogP contribution < -0.4 is 10.1 Å². The van der Waals surface area contributed by atoms with Crippen molar-refractivity contribution >= 4 is 46.8 Å². The van der Waals surface area contributed by atoms with Gasteiger partial charge < -0.3 is 15.2 Å². The average molecular weight is 409 g/mol. The number of carboxylic acids is 1. The number of aliphatic carboxylic acids is 1. The minimum atomic E-state index is -1.21. The van der Waals surface area contributed by atoms with Gasteiger partial charge in [0.05, 0.1) is 15.7 Å². The fourth-order valence-corrected chi connectivity index (χ4v) is 2.62. The maximum absolute atomic E-state index is 13.6. The summed E-state index contributed by atoms with van der Waals surface area (Å²) in [6.07, 6.45) is 1.20. The lowest BCUT2D eigenvalue weighted by molar-refractivity contribution is -0.139. The van der Waals surface area contributed by atoms with Crippen LogP contribution in [0.4, 0.5) is 10.1 Å². The molecule has 0 aromatic heterocycles. The molecule has 0 unspecified atom stereocenters. The number of nitrogens with one attached hydrogen (secondary N) is 1. The van der Waals surface area contributed by atoms with Crippen molar-refractivity contribution in [2.75, 3.05) is 11.9 Å². The molecule has 27 heavy (non-hydrogen) atoms. The molecule has 0 heterocycles. The van der Waals surface area contributed by atoms with Gasteiger partial charge in [-0.25, -0.2) is 9.18 Å². The van der Waals surface area contributed by atoms with Crippen molar-refractivity contribution < 1.29 is 23.8 Å². The topological polar surface area (TPSA) is 99.4 Å². The summed E-state index contributed by atoms with van der Waals surface area (Å²) in [5, 5.41) is 20.1. The quantitative estimate of drug-likeness (QED) is 0.552. The van der Waals surface area contributed by atoms with Crippen LogP contribution in [-0.4, -0.2) is 23.6 Å². The highest BCUT2D eigenvalue weighted by atomic mass is 35.5. The lowest BCUT2D eigenvalue weighted by Crippen LogP contribution is -2.14. The fraction of sp³-hybridized carbons (Fsp3) is 0.0556. The molecule has 0 aliphatic rings. The number of carbonyl (C=O) groups is 2. The third-order valence-electron chi connectivity index (χ3n) is 3.16. The number of amides is 1. The van der Waals surface area contributed by atoms with Gasteiger partial charge in [-0.05, 0) is 35.9 Å². The third-order valence-corrected chi connectivity index (χ3v) is 3.72. The normalized spacial score (nSPS) is 10.8. The van der Waals surface area contributed by atoms with Gasteiger partial charge in [-0.3, -0.25) is 4.79 Å². The lowest BCUT2D eigenvalue weighted by Gasteiger charge is -2.09. The van der Waals surface area contributed by atoms with Crippen LogP contribution in [0.1, 0.15) is 5.56 Å². The van der Waals surface area contributed by atoms with E-state index in [-0.39, 0.29) is 27.1 Å². The largest absolute Gasteiger partial charge is 0.479 e. The molecule has 0 aliphatic heterocycles. The number of halogens is 3. The van der Waals surface area contributed by atoms with Gasteiger partial charge >= 0.3 is 5.97 Å². The molecular formula is C18H11Cl2FN2O4. The molecule has 6 nitrogen and oxygen atoms in total. The highest BCUT2D eigenvalue weighted by molar-refractivity contribution is 6.37. The van der Waals surface area contributed by atoms with E-state index in [9.17, 15) is 19.2 Å². The second-order valence-corrected chi connectivity index (χ2v) is 5.91. The van der Waals surface area contributed by atoms with Crippen LogP contribution in [0.5, 0.6) is 5.75 Å². The zero-order chi connectivity index (χ0) is 20.0. The maximum atomic E-state index is 13.6. The minimum Gasteiger partial charge on any atom is -0.479 e. The van der Waals surface area contributed by atoms with Gasteiger partial charge in [-0.15, -0.1) is 0 Å². The van der Waals surface area contributed by atoms with E-state index < -0.39 is 24.3 Å². The summed E-state index contributed by atoms with van der Waals surface area (Å²) in [5.41, 5.74) is -0.0883. The van der Waals surface area contributed by atoms with Crippen LogP contribution in [0.15, 0.2) is 42.0 Å². The van der Waals surface area contributed by atoms with Crippen molar-refractivity contribution in [1.29, 1.82) is 5.26 Å². The van der Waals surface area contributed by atoms with E-state index in [1.165, 1.54) is 42.5 Å². The second kappa shape index (κ2) is 9.03. The molecule has 0 atom stereocenters. The molecule has 0 radical (unpaired) electrons. The molecule has 138 valence electrons. The molecule has 0 saturated carbocycles. The Balaban J connectivity index is 2.27. The zero-order valence-electron chi connectivity index (χ0n) is 13.5. The van der Waals surface area contributed by atoms with Crippen molar-refractivity contribution in [3.63, 3.8) is 0 Å². The Morgan fingerprint density at radius 2 is 1.89 bits per heavy atom. The van der Waals surface area contributed by atoms with Crippen LogP contribution in [0.3, 0.4) is 0 Å². The summed E-state index contributed by atoms with van der Waals surface area (Å²) in [7, 11) is 0. The number of benzene rings is 2. The number of rotatable bonds is 6. The molecule has 0 fully saturated rings. The van der Waals surface area contributed by atoms with Crippen molar-refractivity contribution in [2.45, 2.75) is 0 Å². The van der Waals surface area contributed by atoms with E-state index >= 15 is 0 Å². The smallest absolute Gasteiger partial charge is 0.341 e. The molecule has 2 N–H and O–H groups in total. The molecule has 2 rings (SSSR count). The van der Waals surface area contributed by atoms with Crippen LogP contribution in [0.25, 0.3) is 6.08 Å². The molecule has 1 amide bonds. The summed E-state index contributed by atoms with van der Waals surface area (Å²) in [6.45, 7) is -0.636. The Labute approximate surface area is 163 Å². The number of ether oxygens (including phenoxy) is 1. The lowest BCUT2D eigenvalue weighted by atomic mass is 10.1. The molecular weight excluding hydrogens is 398 g/mol. The Morgan fingerprint density at radius 3 is 2.44 bits per heavy atom. The summed E-state index contributed by atoms with van der Waals surface area (Å²) in [6, 6.07) is 9.92. The number of nitrogens with zero attached hydrogens (tertiary/aromatic N) is 1. The monoisotopic (exact) mass is 408 g/mol. The van der Waals surface area contributed by atoms with Crippen LogP contribution >= 0.6 is 23.2 Å². The zero-order valence-corrected chi connectivity index (χ0v) is 15.0. The van der Waals surface area contributed by atoms with E-state index in [2.05, 4.69) is 5.32 Å². The fourth-order valence-electron chi connectivity index (χ4n) is 2.00. The van der Waals surface area contributed by atoms with Gasteiger partial charge in [-0.1, -0.05) is 35.3 Å². The Hall–Kier alpha value is -3.08. The highest BCUT2D eigenvalue weighted by Crippen LogP contribution is 2.35. The molecule has 2 aromatic rings. The number of para-hydroxylation sites is 1. The van der Waals surface area contributed by atoms with Gasteiger partial charge in [0.2, 0.25) is 0 Å². The molecule has 9 heteroatoms. The predicted octanol–water partition coefficient (Wildman–Crippen LogP) is 4.14. The molecule has 0 saturated heterocycles. The van der Waals surface area contributed by atoms with Gasteiger partial charge in [0, 0.05) is 0 Å². The first-order chi connectivity index (χ1) is 12.8. The predicted molar refractivity (Wildman–Crippen MR) is 98.2 cm³/mol. The number of anilines is 1.